The van der Waals surface area contributed by atoms with Crippen molar-refractivity contribution < 1.29 is 34.7 Å². The molecule has 29 heavy (non-hydrogen) atoms. The Balaban J connectivity index is 2.44. The van der Waals surface area contributed by atoms with Crippen LogP contribution in [0.5, 0.6) is 0 Å². The van der Waals surface area contributed by atoms with Crippen LogP contribution in [0.25, 0.3) is 11.0 Å². The first-order chi connectivity index (χ1) is 13.7. The number of ether oxygens (including phenoxy) is 2. The summed E-state index contributed by atoms with van der Waals surface area (Å²) in [6, 6.07) is 3.40. The molecule has 0 aliphatic heterocycles. The fraction of sp³-hybridized carbons (Fsp3) is 0.526. The van der Waals surface area contributed by atoms with Crippen LogP contribution >= 0.6 is 0 Å². The van der Waals surface area contributed by atoms with E-state index in [1.54, 1.807) is 12.1 Å². The van der Waals surface area contributed by atoms with Gasteiger partial charge in [0.25, 0.3) is 5.56 Å². The molecule has 2 aromatic rings. The molecule has 10 heteroatoms. The van der Waals surface area contributed by atoms with E-state index >= 15 is 0 Å². The number of hydrogen-bond donors (Lipinski definition) is 4. The summed E-state index contributed by atoms with van der Waals surface area (Å²) in [7, 11) is 1.12. The first-order valence-corrected chi connectivity index (χ1v) is 9.04. The van der Waals surface area contributed by atoms with E-state index in [4.69, 9.17) is 9.84 Å². The lowest BCUT2D eigenvalue weighted by atomic mass is 10.1. The maximum atomic E-state index is 12.8. The number of methoxy groups -OCH3 is 1. The molecule has 0 saturated carbocycles. The highest BCUT2D eigenvalue weighted by atomic mass is 16.5. The third-order valence-electron chi connectivity index (χ3n) is 4.62. The van der Waals surface area contributed by atoms with Crippen LogP contribution in [-0.2, 0) is 16.0 Å². The van der Waals surface area contributed by atoms with Crippen molar-refractivity contribution in [2.24, 2.45) is 0 Å². The molecular weight excluding hydrogens is 384 g/mol. The summed E-state index contributed by atoms with van der Waals surface area (Å²) < 4.78 is 10.7. The Labute approximate surface area is 167 Å². The zero-order valence-corrected chi connectivity index (χ0v) is 16.5. The van der Waals surface area contributed by atoms with Crippen molar-refractivity contribution in [2.45, 2.75) is 38.7 Å². The fourth-order valence-electron chi connectivity index (χ4n) is 2.83. The molecule has 0 unspecified atom stereocenters. The van der Waals surface area contributed by atoms with Gasteiger partial charge in [-0.1, -0.05) is 0 Å². The number of esters is 1. The maximum Gasteiger partial charge on any atom is 0.362 e. The van der Waals surface area contributed by atoms with E-state index in [0.29, 0.717) is 11.0 Å². The predicted molar refractivity (Wildman–Crippen MR) is 103 cm³/mol. The van der Waals surface area contributed by atoms with Crippen molar-refractivity contribution in [2.75, 3.05) is 26.9 Å². The number of rotatable bonds is 9. The van der Waals surface area contributed by atoms with Crippen LogP contribution in [0.4, 0.5) is 0 Å². The van der Waals surface area contributed by atoms with Gasteiger partial charge < -0.3 is 34.5 Å². The van der Waals surface area contributed by atoms with Crippen molar-refractivity contribution in [3.8, 4) is 0 Å². The molecule has 1 aromatic carbocycles. The molecule has 0 spiro atoms. The molecule has 4 N–H and O–H groups in total. The summed E-state index contributed by atoms with van der Waals surface area (Å²) in [6.45, 7) is 2.70. The topological polar surface area (TPSA) is 151 Å². The van der Waals surface area contributed by atoms with E-state index in [1.807, 2.05) is 13.8 Å². The second-order valence-corrected chi connectivity index (χ2v) is 6.72. The van der Waals surface area contributed by atoms with E-state index < -0.39 is 42.1 Å². The zero-order chi connectivity index (χ0) is 21.7. The molecule has 0 fully saturated rings. The Morgan fingerprint density at radius 2 is 1.83 bits per heavy atom. The third-order valence-corrected chi connectivity index (χ3v) is 4.62. The number of aryl methyl sites for hydroxylation is 2. The minimum absolute atomic E-state index is 0.0323. The van der Waals surface area contributed by atoms with Crippen LogP contribution < -0.4 is 5.56 Å². The van der Waals surface area contributed by atoms with Gasteiger partial charge in [-0.15, -0.1) is 0 Å². The smallest absolute Gasteiger partial charge is 0.362 e. The number of benzene rings is 1. The highest BCUT2D eigenvalue weighted by Crippen LogP contribution is 2.18. The number of fused-ring (bicyclic) bond motifs is 1. The SMILES string of the molecule is COC(=O)c1nc2cc(C)c(C)cc2n(C[C@H](O)[C@H](O)[C@H](O)COCCO)c1=O. The summed E-state index contributed by atoms with van der Waals surface area (Å²) in [5, 5.41) is 39.2. The summed E-state index contributed by atoms with van der Waals surface area (Å²) in [6.07, 6.45) is -4.61. The molecule has 0 aliphatic rings. The number of carbonyl (C=O) groups is 1. The number of carbonyl (C=O) groups excluding carboxylic acids is 1. The van der Waals surface area contributed by atoms with Crippen LogP contribution in [-0.4, -0.2) is 81.2 Å². The van der Waals surface area contributed by atoms with Gasteiger partial charge in [-0.2, -0.15) is 0 Å². The van der Waals surface area contributed by atoms with Gasteiger partial charge in [-0.3, -0.25) is 4.79 Å². The predicted octanol–water partition coefficient (Wildman–Crippen LogP) is -1.11. The molecular formula is C19H26N2O8. The van der Waals surface area contributed by atoms with Gasteiger partial charge in [0.15, 0.2) is 0 Å². The van der Waals surface area contributed by atoms with E-state index in [1.165, 1.54) is 0 Å². The number of aliphatic hydroxyl groups is 4. The Morgan fingerprint density at radius 3 is 2.45 bits per heavy atom. The van der Waals surface area contributed by atoms with Gasteiger partial charge in [0, 0.05) is 0 Å². The summed E-state index contributed by atoms with van der Waals surface area (Å²) in [5.41, 5.74) is 1.24. The van der Waals surface area contributed by atoms with Crippen LogP contribution in [0.3, 0.4) is 0 Å². The second-order valence-electron chi connectivity index (χ2n) is 6.72. The minimum Gasteiger partial charge on any atom is -0.464 e. The van der Waals surface area contributed by atoms with Crippen molar-refractivity contribution in [3.63, 3.8) is 0 Å². The summed E-state index contributed by atoms with van der Waals surface area (Å²) in [5.74, 6) is -0.920. The van der Waals surface area contributed by atoms with Crippen LogP contribution in [0.2, 0.25) is 0 Å². The lowest BCUT2D eigenvalue weighted by molar-refractivity contribution is -0.0935. The summed E-state index contributed by atoms with van der Waals surface area (Å²) >= 11 is 0. The second kappa shape index (κ2) is 9.90. The van der Waals surface area contributed by atoms with Crippen molar-refractivity contribution in [3.05, 3.63) is 39.3 Å². The molecule has 3 atom stereocenters. The number of nitrogens with zero attached hydrogens (tertiary/aromatic N) is 2. The lowest BCUT2D eigenvalue weighted by Crippen LogP contribution is -2.44. The van der Waals surface area contributed by atoms with Crippen molar-refractivity contribution in [1.82, 2.24) is 9.55 Å². The summed E-state index contributed by atoms with van der Waals surface area (Å²) in [4.78, 5) is 28.9. The van der Waals surface area contributed by atoms with Crippen LogP contribution in [0.15, 0.2) is 16.9 Å². The Bertz CT molecular complexity index is 927. The lowest BCUT2D eigenvalue weighted by Gasteiger charge is -2.24. The Kier molecular flexibility index (Phi) is 7.82. The highest BCUT2D eigenvalue weighted by Gasteiger charge is 2.27. The van der Waals surface area contributed by atoms with E-state index in [9.17, 15) is 24.9 Å². The van der Waals surface area contributed by atoms with Gasteiger partial charge >= 0.3 is 5.97 Å². The van der Waals surface area contributed by atoms with Crippen molar-refractivity contribution in [1.29, 1.82) is 0 Å². The molecule has 10 nitrogen and oxygen atoms in total. The Morgan fingerprint density at radius 1 is 1.17 bits per heavy atom. The quantitative estimate of drug-likeness (QED) is 0.298. The molecule has 0 amide bonds. The standard InChI is InChI=1S/C19H26N2O8/c1-10-6-12-13(7-11(10)2)21(18(26)16(20-12)19(27)28-3)8-14(23)17(25)15(24)9-29-5-4-22/h6-7,14-15,17,22-25H,4-5,8-9H2,1-3H3/t14-,15+,17-/m0/s1. The molecule has 1 aromatic heterocycles. The zero-order valence-electron chi connectivity index (χ0n) is 16.5. The third kappa shape index (κ3) is 5.17. The normalized spacial score (nSPS) is 14.6. The van der Waals surface area contributed by atoms with Crippen LogP contribution in [0, 0.1) is 13.8 Å². The number of hydrogen-bond acceptors (Lipinski definition) is 9. The molecule has 0 radical (unpaired) electrons. The maximum absolute atomic E-state index is 12.8. The van der Waals surface area contributed by atoms with Gasteiger partial charge in [-0.25, -0.2) is 9.78 Å². The van der Waals surface area contributed by atoms with E-state index in [0.717, 1.165) is 22.8 Å². The minimum atomic E-state index is -1.63. The monoisotopic (exact) mass is 410 g/mol. The molecule has 2 rings (SSSR count). The van der Waals surface area contributed by atoms with Crippen molar-refractivity contribution >= 4 is 17.0 Å². The molecule has 160 valence electrons. The highest BCUT2D eigenvalue weighted by molar-refractivity contribution is 5.89. The fourth-order valence-corrected chi connectivity index (χ4v) is 2.83. The van der Waals surface area contributed by atoms with E-state index in [2.05, 4.69) is 9.72 Å². The van der Waals surface area contributed by atoms with Gasteiger partial charge in [0.2, 0.25) is 5.69 Å². The van der Waals surface area contributed by atoms with Gasteiger partial charge in [0.1, 0.15) is 18.3 Å². The molecule has 0 aliphatic carbocycles. The Hall–Kier alpha value is -2.37. The van der Waals surface area contributed by atoms with Gasteiger partial charge in [0.05, 0.1) is 44.5 Å². The largest absolute Gasteiger partial charge is 0.464 e. The number of aliphatic hydroxyl groups excluding tert-OH is 4. The number of aromatic nitrogens is 2. The molecule has 0 bridgehead atoms. The van der Waals surface area contributed by atoms with E-state index in [-0.39, 0.29) is 19.8 Å². The van der Waals surface area contributed by atoms with Gasteiger partial charge in [-0.05, 0) is 37.1 Å². The van der Waals surface area contributed by atoms with Crippen LogP contribution in [0.1, 0.15) is 21.6 Å². The first-order valence-electron chi connectivity index (χ1n) is 9.04. The average molecular weight is 410 g/mol. The average Bonchev–Trinajstić information content (AvgIpc) is 2.70. The molecule has 0 saturated heterocycles. The first kappa shape index (κ1) is 22.9. The molecule has 1 heterocycles.